The molecule has 1 aromatic heterocycles. The fraction of sp³-hybridized carbons (Fsp3) is 0.207. The third-order valence-corrected chi connectivity index (χ3v) is 6.00. The number of aliphatic hydroxyl groups excluding tert-OH is 1. The van der Waals surface area contributed by atoms with Crippen LogP contribution in [0.2, 0.25) is 0 Å². The monoisotopic (exact) mass is 533 g/mol. The Bertz CT molecular complexity index is 1490. The van der Waals surface area contributed by atoms with Crippen LogP contribution in [-0.2, 0) is 6.18 Å². The van der Waals surface area contributed by atoms with E-state index >= 15 is 0 Å². The molecule has 3 aromatic carbocycles. The third kappa shape index (κ3) is 6.64. The van der Waals surface area contributed by atoms with Gasteiger partial charge in [-0.1, -0.05) is 43.7 Å². The summed E-state index contributed by atoms with van der Waals surface area (Å²) in [6.45, 7) is 2.97. The average molecular weight is 534 g/mol. The van der Waals surface area contributed by atoms with Gasteiger partial charge in [0.1, 0.15) is 11.8 Å². The van der Waals surface area contributed by atoms with E-state index in [-0.39, 0.29) is 22.6 Å². The van der Waals surface area contributed by atoms with E-state index in [2.05, 4.69) is 22.7 Å². The fourth-order valence-corrected chi connectivity index (χ4v) is 3.95. The van der Waals surface area contributed by atoms with Crippen LogP contribution in [0, 0.1) is 11.3 Å². The van der Waals surface area contributed by atoms with E-state index in [1.807, 2.05) is 18.2 Å². The number of anilines is 2. The van der Waals surface area contributed by atoms with Crippen LogP contribution in [0.3, 0.4) is 0 Å². The van der Waals surface area contributed by atoms with Crippen molar-refractivity contribution in [2.75, 3.05) is 17.2 Å². The highest BCUT2D eigenvalue weighted by atomic mass is 19.4. The first-order valence-corrected chi connectivity index (χ1v) is 12.3. The molecule has 0 bridgehead atoms. The van der Waals surface area contributed by atoms with Crippen LogP contribution in [0.1, 0.15) is 58.7 Å². The molecule has 0 aliphatic carbocycles. The molecule has 4 rings (SSSR count). The van der Waals surface area contributed by atoms with Crippen molar-refractivity contribution in [2.24, 2.45) is 0 Å². The first-order valence-electron chi connectivity index (χ1n) is 12.3. The molecular formula is C29H26F3N5O2. The first kappa shape index (κ1) is 27.4. The number of rotatable bonds is 9. The molecule has 0 aliphatic heterocycles. The third-order valence-electron chi connectivity index (χ3n) is 6.00. The van der Waals surface area contributed by atoms with E-state index in [9.17, 15) is 23.1 Å². The average Bonchev–Trinajstić information content (AvgIpc) is 3.40. The Hall–Kier alpha value is -4.62. The smallest absolute Gasteiger partial charge is 0.385 e. The van der Waals surface area contributed by atoms with E-state index in [4.69, 9.17) is 5.26 Å². The number of amides is 1. The molecule has 1 amide bonds. The van der Waals surface area contributed by atoms with Gasteiger partial charge in [0, 0.05) is 24.0 Å². The summed E-state index contributed by atoms with van der Waals surface area (Å²) < 4.78 is 41.2. The molecule has 39 heavy (non-hydrogen) atoms. The molecular weight excluding hydrogens is 507 g/mol. The second kappa shape index (κ2) is 11.8. The zero-order valence-electron chi connectivity index (χ0n) is 21.0. The van der Waals surface area contributed by atoms with Crippen LogP contribution in [-0.4, -0.2) is 27.3 Å². The number of aliphatic hydroxyl groups is 1. The molecule has 0 saturated carbocycles. The molecule has 3 N–H and O–H groups in total. The molecule has 10 heteroatoms. The Morgan fingerprint density at radius 2 is 1.77 bits per heavy atom. The zero-order valence-corrected chi connectivity index (χ0v) is 21.0. The predicted octanol–water partition coefficient (Wildman–Crippen LogP) is 6.31. The summed E-state index contributed by atoms with van der Waals surface area (Å²) in [4.78, 5) is 13.1. The number of unbranched alkanes of at least 4 members (excludes halogenated alkanes) is 1. The maximum absolute atomic E-state index is 13.4. The van der Waals surface area contributed by atoms with Gasteiger partial charge in [0.2, 0.25) is 0 Å². The van der Waals surface area contributed by atoms with Crippen molar-refractivity contribution in [1.82, 2.24) is 9.78 Å². The molecule has 200 valence electrons. The van der Waals surface area contributed by atoms with Gasteiger partial charge in [-0.05, 0) is 60.0 Å². The van der Waals surface area contributed by atoms with Crippen LogP contribution >= 0.6 is 0 Å². The number of carbonyl (C=O) groups excluding carboxylic acids is 1. The normalized spacial score (nSPS) is 12.0. The van der Waals surface area contributed by atoms with Crippen molar-refractivity contribution in [3.8, 4) is 11.8 Å². The summed E-state index contributed by atoms with van der Waals surface area (Å²) in [5.74, 6) is -0.838. The number of hydrogen-bond acceptors (Lipinski definition) is 5. The number of carbonyl (C=O) groups is 1. The first-order chi connectivity index (χ1) is 18.7. The second-order valence-electron chi connectivity index (χ2n) is 8.87. The Balaban J connectivity index is 1.57. The SMILES string of the molecule is CCCCNc1ccc(C(O)c2cccc(NC(=O)c3cc(C(F)(F)F)nn3-c3cccc(C#N)c3)c2)cc1. The quantitative estimate of drug-likeness (QED) is 0.219. The molecule has 0 radical (unpaired) electrons. The van der Waals surface area contributed by atoms with Crippen LogP contribution in [0.25, 0.3) is 5.69 Å². The minimum atomic E-state index is -4.78. The zero-order chi connectivity index (χ0) is 28.0. The highest BCUT2D eigenvalue weighted by Crippen LogP contribution is 2.30. The van der Waals surface area contributed by atoms with Gasteiger partial charge in [-0.2, -0.15) is 23.5 Å². The topological polar surface area (TPSA) is 103 Å². The minimum absolute atomic E-state index is 0.131. The minimum Gasteiger partial charge on any atom is -0.385 e. The van der Waals surface area contributed by atoms with Crippen molar-refractivity contribution in [3.05, 3.63) is 107 Å². The Morgan fingerprint density at radius 3 is 2.46 bits per heavy atom. The molecule has 7 nitrogen and oxygen atoms in total. The van der Waals surface area contributed by atoms with Crippen molar-refractivity contribution >= 4 is 17.3 Å². The maximum Gasteiger partial charge on any atom is 0.435 e. The number of nitrogens with zero attached hydrogens (tertiary/aromatic N) is 3. The highest BCUT2D eigenvalue weighted by Gasteiger charge is 2.36. The van der Waals surface area contributed by atoms with Crippen molar-refractivity contribution in [3.63, 3.8) is 0 Å². The molecule has 0 spiro atoms. The van der Waals surface area contributed by atoms with Gasteiger partial charge in [0.15, 0.2) is 5.69 Å². The van der Waals surface area contributed by atoms with Gasteiger partial charge in [0.05, 0.1) is 17.3 Å². The van der Waals surface area contributed by atoms with E-state index in [1.165, 1.54) is 24.3 Å². The highest BCUT2D eigenvalue weighted by molar-refractivity contribution is 6.03. The number of nitriles is 1. The maximum atomic E-state index is 13.4. The van der Waals surface area contributed by atoms with Crippen LogP contribution < -0.4 is 10.6 Å². The second-order valence-corrected chi connectivity index (χ2v) is 8.87. The van der Waals surface area contributed by atoms with E-state index in [1.54, 1.807) is 36.4 Å². The number of alkyl halides is 3. The van der Waals surface area contributed by atoms with Gasteiger partial charge >= 0.3 is 6.18 Å². The lowest BCUT2D eigenvalue weighted by Crippen LogP contribution is -2.17. The molecule has 1 unspecified atom stereocenters. The van der Waals surface area contributed by atoms with Crippen molar-refractivity contribution < 1.29 is 23.1 Å². The van der Waals surface area contributed by atoms with E-state index in [0.29, 0.717) is 17.2 Å². The lowest BCUT2D eigenvalue weighted by atomic mass is 10.0. The standard InChI is InChI=1S/C29H26F3N5O2/c1-2-3-14-34-22-12-10-20(11-13-22)27(38)21-7-5-8-23(16-21)35-28(39)25-17-26(29(30,31)32)36-37(25)24-9-4-6-19(15-24)18-33/h4-13,15-17,27,34,38H,2-3,14H2,1H3,(H,35,39). The summed E-state index contributed by atoms with van der Waals surface area (Å²) in [7, 11) is 0. The molecule has 1 atom stereocenters. The Morgan fingerprint density at radius 1 is 1.03 bits per heavy atom. The van der Waals surface area contributed by atoms with Crippen molar-refractivity contribution in [2.45, 2.75) is 32.0 Å². The van der Waals surface area contributed by atoms with E-state index < -0.39 is 23.9 Å². The number of hydrogen-bond donors (Lipinski definition) is 3. The van der Waals surface area contributed by atoms with Crippen LogP contribution in [0.15, 0.2) is 78.9 Å². The number of aromatic nitrogens is 2. The lowest BCUT2D eigenvalue weighted by Gasteiger charge is -2.15. The number of halogens is 3. The Kier molecular flexibility index (Phi) is 8.32. The number of benzene rings is 3. The van der Waals surface area contributed by atoms with Gasteiger partial charge in [-0.25, -0.2) is 4.68 Å². The fourth-order valence-electron chi connectivity index (χ4n) is 3.95. The summed E-state index contributed by atoms with van der Waals surface area (Å²) in [6, 6.07) is 22.1. The van der Waals surface area contributed by atoms with Crippen LogP contribution in [0.5, 0.6) is 0 Å². The summed E-state index contributed by atoms with van der Waals surface area (Å²) in [6.07, 6.45) is -3.63. The summed E-state index contributed by atoms with van der Waals surface area (Å²) >= 11 is 0. The molecule has 0 fully saturated rings. The van der Waals surface area contributed by atoms with Gasteiger partial charge < -0.3 is 15.7 Å². The predicted molar refractivity (Wildman–Crippen MR) is 142 cm³/mol. The van der Waals surface area contributed by atoms with Crippen molar-refractivity contribution in [1.29, 1.82) is 5.26 Å². The molecule has 4 aromatic rings. The molecule has 1 heterocycles. The molecule has 0 saturated heterocycles. The number of nitrogens with one attached hydrogen (secondary N) is 2. The largest absolute Gasteiger partial charge is 0.435 e. The van der Waals surface area contributed by atoms with Gasteiger partial charge in [0.25, 0.3) is 5.91 Å². The van der Waals surface area contributed by atoms with Gasteiger partial charge in [-0.3, -0.25) is 4.79 Å². The summed E-state index contributed by atoms with van der Waals surface area (Å²) in [5, 5.41) is 29.6. The lowest BCUT2D eigenvalue weighted by molar-refractivity contribution is -0.141. The van der Waals surface area contributed by atoms with E-state index in [0.717, 1.165) is 29.8 Å². The Labute approximate surface area is 223 Å². The summed E-state index contributed by atoms with van der Waals surface area (Å²) in [5.41, 5.74) is 1.08. The van der Waals surface area contributed by atoms with Crippen LogP contribution in [0.4, 0.5) is 24.5 Å². The van der Waals surface area contributed by atoms with Gasteiger partial charge in [-0.15, -0.1) is 0 Å². The molecule has 0 aliphatic rings.